The summed E-state index contributed by atoms with van der Waals surface area (Å²) in [5, 5.41) is 3.77. The Morgan fingerprint density at radius 3 is 2.79 bits per heavy atom. The molecule has 0 aliphatic carbocycles. The van der Waals surface area contributed by atoms with Crippen molar-refractivity contribution in [3.8, 4) is 0 Å². The predicted molar refractivity (Wildman–Crippen MR) is 85.6 cm³/mol. The lowest BCUT2D eigenvalue weighted by molar-refractivity contribution is 0.463. The molecule has 19 heavy (non-hydrogen) atoms. The van der Waals surface area contributed by atoms with Gasteiger partial charge in [-0.25, -0.2) is 4.99 Å². The molecule has 1 aromatic rings. The molecule has 0 spiro atoms. The lowest BCUT2D eigenvalue weighted by Crippen LogP contribution is -2.38. The quantitative estimate of drug-likeness (QED) is 0.656. The Hall–Kier alpha value is -0.940. The lowest BCUT2D eigenvalue weighted by atomic mass is 10.4. The van der Waals surface area contributed by atoms with Crippen LogP contribution in [0.25, 0.3) is 0 Å². The summed E-state index contributed by atoms with van der Waals surface area (Å²) in [7, 11) is 4.03. The molecule has 1 aromatic heterocycles. The van der Waals surface area contributed by atoms with E-state index < -0.39 is 0 Å². The summed E-state index contributed by atoms with van der Waals surface area (Å²) in [6.45, 7) is 7.69. The number of aryl methyl sites for hydroxylation is 1. The highest BCUT2D eigenvalue weighted by atomic mass is 79.9. The van der Waals surface area contributed by atoms with Crippen LogP contribution in [0.1, 0.15) is 12.6 Å². The van der Waals surface area contributed by atoms with Crippen LogP contribution in [0.2, 0.25) is 0 Å². The molecule has 6 heteroatoms. The van der Waals surface area contributed by atoms with Crippen molar-refractivity contribution in [2.75, 3.05) is 20.1 Å². The number of hydrogen-bond donors (Lipinski definition) is 1. The van der Waals surface area contributed by atoms with Gasteiger partial charge in [0, 0.05) is 42.0 Å². The van der Waals surface area contributed by atoms with Crippen LogP contribution in [0.3, 0.4) is 0 Å². The molecule has 0 aromatic carbocycles. The molecule has 1 heterocycles. The molecule has 106 valence electrons. The molecule has 0 bridgehead atoms. The van der Waals surface area contributed by atoms with Gasteiger partial charge < -0.3 is 14.8 Å². The van der Waals surface area contributed by atoms with Gasteiger partial charge in [0.05, 0.1) is 13.1 Å². The maximum absolute atomic E-state index is 5.76. The van der Waals surface area contributed by atoms with E-state index in [1.165, 1.54) is 5.69 Å². The van der Waals surface area contributed by atoms with Gasteiger partial charge in [-0.3, -0.25) is 0 Å². The molecule has 0 aliphatic rings. The average Bonchev–Trinajstić information content (AvgIpc) is 2.62. The molecule has 0 atom stereocenters. The van der Waals surface area contributed by atoms with Crippen molar-refractivity contribution < 1.29 is 0 Å². The zero-order chi connectivity index (χ0) is 14.4. The van der Waals surface area contributed by atoms with E-state index in [9.17, 15) is 0 Å². The highest BCUT2D eigenvalue weighted by Gasteiger charge is 2.09. The SMILES string of the molecule is C=C(Cl)CN=C(NCC)N(C)Cc1cc(Br)cn1C. The van der Waals surface area contributed by atoms with Gasteiger partial charge in [0.15, 0.2) is 5.96 Å². The first-order chi connectivity index (χ1) is 8.93. The number of aromatic nitrogens is 1. The molecular formula is C13H20BrClN4. The summed E-state index contributed by atoms with van der Waals surface area (Å²) in [6, 6.07) is 2.10. The third-order valence-electron chi connectivity index (χ3n) is 2.57. The van der Waals surface area contributed by atoms with E-state index in [2.05, 4.69) is 48.4 Å². The third-order valence-corrected chi connectivity index (χ3v) is 3.12. The summed E-state index contributed by atoms with van der Waals surface area (Å²) in [6.07, 6.45) is 2.04. The average molecular weight is 348 g/mol. The van der Waals surface area contributed by atoms with Crippen molar-refractivity contribution in [2.24, 2.45) is 12.0 Å². The van der Waals surface area contributed by atoms with E-state index in [1.807, 2.05) is 27.2 Å². The van der Waals surface area contributed by atoms with Gasteiger partial charge in [0.25, 0.3) is 0 Å². The van der Waals surface area contributed by atoms with Crippen molar-refractivity contribution in [2.45, 2.75) is 13.5 Å². The fourth-order valence-corrected chi connectivity index (χ4v) is 2.30. The van der Waals surface area contributed by atoms with Crippen LogP contribution >= 0.6 is 27.5 Å². The number of hydrogen-bond acceptors (Lipinski definition) is 1. The van der Waals surface area contributed by atoms with Gasteiger partial charge in [-0.05, 0) is 28.9 Å². The maximum Gasteiger partial charge on any atom is 0.194 e. The summed E-state index contributed by atoms with van der Waals surface area (Å²) in [4.78, 5) is 6.49. The Balaban J connectivity index is 2.76. The van der Waals surface area contributed by atoms with Crippen molar-refractivity contribution in [1.82, 2.24) is 14.8 Å². The molecule has 0 unspecified atom stereocenters. The normalized spacial score (nSPS) is 11.5. The van der Waals surface area contributed by atoms with E-state index in [0.29, 0.717) is 11.6 Å². The van der Waals surface area contributed by atoms with E-state index in [1.54, 1.807) is 0 Å². The van der Waals surface area contributed by atoms with Crippen LogP contribution in [0, 0.1) is 0 Å². The molecule has 1 rings (SSSR count). The van der Waals surface area contributed by atoms with Gasteiger partial charge in [-0.2, -0.15) is 0 Å². The number of rotatable bonds is 5. The van der Waals surface area contributed by atoms with Crippen molar-refractivity contribution >= 4 is 33.5 Å². The van der Waals surface area contributed by atoms with Crippen molar-refractivity contribution in [1.29, 1.82) is 0 Å². The molecular weight excluding hydrogens is 328 g/mol. The fraction of sp³-hybridized carbons (Fsp3) is 0.462. The predicted octanol–water partition coefficient (Wildman–Crippen LogP) is 2.94. The number of nitrogens with zero attached hydrogens (tertiary/aromatic N) is 3. The largest absolute Gasteiger partial charge is 0.357 e. The summed E-state index contributed by atoms with van der Waals surface area (Å²) < 4.78 is 3.17. The zero-order valence-corrected chi connectivity index (χ0v) is 13.9. The van der Waals surface area contributed by atoms with Crippen LogP contribution in [-0.4, -0.2) is 35.6 Å². The van der Waals surface area contributed by atoms with E-state index in [4.69, 9.17) is 11.6 Å². The molecule has 0 saturated heterocycles. The Kier molecular flexibility index (Phi) is 6.45. The molecule has 0 fully saturated rings. The van der Waals surface area contributed by atoms with E-state index in [0.717, 1.165) is 23.5 Å². The van der Waals surface area contributed by atoms with Gasteiger partial charge in [0.1, 0.15) is 0 Å². The smallest absolute Gasteiger partial charge is 0.194 e. The van der Waals surface area contributed by atoms with Gasteiger partial charge in [-0.1, -0.05) is 18.2 Å². The van der Waals surface area contributed by atoms with Gasteiger partial charge in [-0.15, -0.1) is 0 Å². The number of guanidine groups is 1. The molecule has 0 radical (unpaired) electrons. The second-order valence-corrected chi connectivity index (χ2v) is 5.75. The first kappa shape index (κ1) is 16.1. The Morgan fingerprint density at radius 2 is 2.32 bits per heavy atom. The second kappa shape index (κ2) is 7.60. The van der Waals surface area contributed by atoms with Crippen LogP contribution < -0.4 is 5.32 Å². The number of halogens is 2. The minimum absolute atomic E-state index is 0.422. The number of nitrogens with one attached hydrogen (secondary N) is 1. The highest BCUT2D eigenvalue weighted by Crippen LogP contribution is 2.15. The molecule has 0 saturated carbocycles. The summed E-state index contributed by atoms with van der Waals surface area (Å²) in [5.41, 5.74) is 1.20. The zero-order valence-electron chi connectivity index (χ0n) is 11.6. The van der Waals surface area contributed by atoms with Crippen LogP contribution in [0.5, 0.6) is 0 Å². The van der Waals surface area contributed by atoms with E-state index >= 15 is 0 Å². The van der Waals surface area contributed by atoms with Crippen LogP contribution in [0.15, 0.2) is 33.3 Å². The lowest BCUT2D eigenvalue weighted by Gasteiger charge is -2.22. The number of aliphatic imine (C=N–C) groups is 1. The summed E-state index contributed by atoms with van der Waals surface area (Å²) in [5.74, 6) is 0.821. The second-order valence-electron chi connectivity index (χ2n) is 4.30. The van der Waals surface area contributed by atoms with Gasteiger partial charge >= 0.3 is 0 Å². The maximum atomic E-state index is 5.76. The fourth-order valence-electron chi connectivity index (χ4n) is 1.67. The molecule has 0 aliphatic heterocycles. The molecule has 4 nitrogen and oxygen atoms in total. The Labute approximate surface area is 128 Å². The third kappa shape index (κ3) is 5.28. The van der Waals surface area contributed by atoms with E-state index in [-0.39, 0.29) is 0 Å². The first-order valence-corrected chi connectivity index (χ1v) is 7.24. The minimum Gasteiger partial charge on any atom is -0.357 e. The Morgan fingerprint density at radius 1 is 1.63 bits per heavy atom. The van der Waals surface area contributed by atoms with Crippen molar-refractivity contribution in [3.63, 3.8) is 0 Å². The van der Waals surface area contributed by atoms with Crippen molar-refractivity contribution in [3.05, 3.63) is 34.0 Å². The first-order valence-electron chi connectivity index (χ1n) is 6.07. The van der Waals surface area contributed by atoms with Crippen LogP contribution in [0.4, 0.5) is 0 Å². The monoisotopic (exact) mass is 346 g/mol. The standard InChI is InChI=1S/C13H20BrClN4/c1-5-16-13(17-7-10(2)15)19(4)9-12-6-11(14)8-18(12)3/h6,8H,2,5,7,9H2,1,3-4H3,(H,16,17). The molecule has 1 N–H and O–H groups in total. The topological polar surface area (TPSA) is 32.6 Å². The minimum atomic E-state index is 0.422. The summed E-state index contributed by atoms with van der Waals surface area (Å²) >= 11 is 9.23. The van der Waals surface area contributed by atoms with Gasteiger partial charge in [0.2, 0.25) is 0 Å². The van der Waals surface area contributed by atoms with Crippen LogP contribution in [-0.2, 0) is 13.6 Å². The highest BCUT2D eigenvalue weighted by molar-refractivity contribution is 9.10. The molecule has 0 amide bonds. The Bertz CT molecular complexity index is 467.